The van der Waals surface area contributed by atoms with E-state index in [0.717, 1.165) is 0 Å². The Kier molecular flexibility index (Phi) is 7.52. The Labute approximate surface area is 137 Å². The van der Waals surface area contributed by atoms with Gasteiger partial charge in [0.2, 0.25) is 11.8 Å². The summed E-state index contributed by atoms with van der Waals surface area (Å²) in [5.41, 5.74) is 6.03. The van der Waals surface area contributed by atoms with E-state index in [9.17, 15) is 4.79 Å². The number of halogens is 2. The second-order valence-corrected chi connectivity index (χ2v) is 5.21. The van der Waals surface area contributed by atoms with Crippen LogP contribution in [-0.2, 0) is 11.2 Å². The second kappa shape index (κ2) is 8.89. The molecule has 0 fully saturated rings. The minimum absolute atomic E-state index is 0. The summed E-state index contributed by atoms with van der Waals surface area (Å²) in [6.07, 6.45) is 0.530. The van der Waals surface area contributed by atoms with Crippen molar-refractivity contribution in [3.63, 3.8) is 0 Å². The molecule has 0 aliphatic rings. The molecule has 0 spiro atoms. The van der Waals surface area contributed by atoms with Crippen molar-refractivity contribution in [3.05, 3.63) is 35.2 Å². The van der Waals surface area contributed by atoms with Gasteiger partial charge in [0, 0.05) is 23.7 Å². The van der Waals surface area contributed by atoms with Crippen molar-refractivity contribution >= 4 is 47.4 Å². The Bertz CT molecular complexity index is 594. The first-order valence-electron chi connectivity index (χ1n) is 5.88. The third-order valence-corrected chi connectivity index (χ3v) is 3.30. The summed E-state index contributed by atoms with van der Waals surface area (Å²) in [6.45, 7) is 0.446. The number of hydrogen-bond acceptors (Lipinski definition) is 6. The van der Waals surface area contributed by atoms with Crippen LogP contribution in [0.4, 0.5) is 5.69 Å². The molecule has 0 aliphatic carbocycles. The standard InChI is InChI=1S/C12H13ClN4O2S.ClH/c13-8-2-1-3-9(6-8)15-10(18)7-20-12-17-16-11(19-12)4-5-14;/h1-3,6H,4-5,7,14H2,(H,15,18);1H. The van der Waals surface area contributed by atoms with Crippen LogP contribution in [0.2, 0.25) is 5.02 Å². The summed E-state index contributed by atoms with van der Waals surface area (Å²) in [4.78, 5) is 11.7. The van der Waals surface area contributed by atoms with Gasteiger partial charge >= 0.3 is 0 Å². The highest BCUT2D eigenvalue weighted by atomic mass is 35.5. The van der Waals surface area contributed by atoms with Crippen molar-refractivity contribution < 1.29 is 9.21 Å². The highest BCUT2D eigenvalue weighted by Gasteiger charge is 2.09. The van der Waals surface area contributed by atoms with Crippen molar-refractivity contribution in [3.8, 4) is 0 Å². The number of anilines is 1. The molecule has 6 nitrogen and oxygen atoms in total. The van der Waals surface area contributed by atoms with Crippen LogP contribution in [-0.4, -0.2) is 28.4 Å². The molecule has 2 aromatic rings. The lowest BCUT2D eigenvalue weighted by atomic mass is 10.3. The van der Waals surface area contributed by atoms with Gasteiger partial charge in [-0.3, -0.25) is 4.79 Å². The summed E-state index contributed by atoms with van der Waals surface area (Å²) in [5, 5.41) is 11.3. The lowest BCUT2D eigenvalue weighted by Crippen LogP contribution is -2.13. The predicted octanol–water partition coefficient (Wildman–Crippen LogP) is 2.38. The first-order valence-corrected chi connectivity index (χ1v) is 7.24. The molecule has 1 amide bonds. The minimum Gasteiger partial charge on any atom is -0.416 e. The number of nitrogens with two attached hydrogens (primary N) is 1. The van der Waals surface area contributed by atoms with Gasteiger partial charge in [-0.1, -0.05) is 29.4 Å². The molecule has 114 valence electrons. The SMILES string of the molecule is Cl.NCCc1nnc(SCC(=O)Nc2cccc(Cl)c2)o1. The first kappa shape index (κ1) is 17.8. The van der Waals surface area contributed by atoms with E-state index in [-0.39, 0.29) is 24.1 Å². The second-order valence-electron chi connectivity index (χ2n) is 3.85. The summed E-state index contributed by atoms with van der Waals surface area (Å²) >= 11 is 7.01. The van der Waals surface area contributed by atoms with Crippen LogP contribution in [0.25, 0.3) is 0 Å². The van der Waals surface area contributed by atoms with Crippen LogP contribution in [0.15, 0.2) is 33.9 Å². The van der Waals surface area contributed by atoms with Crippen LogP contribution in [0.3, 0.4) is 0 Å². The zero-order valence-corrected chi connectivity index (χ0v) is 13.3. The Balaban J connectivity index is 0.00000220. The fourth-order valence-electron chi connectivity index (χ4n) is 1.41. The van der Waals surface area contributed by atoms with Gasteiger partial charge in [0.1, 0.15) is 0 Å². The molecule has 0 radical (unpaired) electrons. The number of nitrogens with zero attached hydrogens (tertiary/aromatic N) is 2. The number of benzene rings is 1. The minimum atomic E-state index is -0.171. The van der Waals surface area contributed by atoms with Crippen LogP contribution >= 0.6 is 35.8 Å². The maximum atomic E-state index is 11.7. The van der Waals surface area contributed by atoms with Gasteiger partial charge in [-0.05, 0) is 18.2 Å². The van der Waals surface area contributed by atoms with E-state index in [1.165, 1.54) is 11.8 Å². The molecule has 0 saturated heterocycles. The smallest absolute Gasteiger partial charge is 0.277 e. The quantitative estimate of drug-likeness (QED) is 0.778. The summed E-state index contributed by atoms with van der Waals surface area (Å²) in [6, 6.07) is 6.95. The summed E-state index contributed by atoms with van der Waals surface area (Å²) in [5.74, 6) is 0.484. The van der Waals surface area contributed by atoms with Crippen LogP contribution in [0, 0.1) is 0 Å². The number of hydrogen-bond donors (Lipinski definition) is 2. The fraction of sp³-hybridized carbons (Fsp3) is 0.250. The number of aromatic nitrogens is 2. The fourth-order valence-corrected chi connectivity index (χ4v) is 2.18. The van der Waals surface area contributed by atoms with Gasteiger partial charge in [0.05, 0.1) is 5.75 Å². The van der Waals surface area contributed by atoms with Crippen molar-refractivity contribution in [2.45, 2.75) is 11.6 Å². The zero-order valence-electron chi connectivity index (χ0n) is 10.9. The molecule has 3 N–H and O–H groups in total. The number of nitrogens with one attached hydrogen (secondary N) is 1. The lowest BCUT2D eigenvalue weighted by Gasteiger charge is -2.03. The van der Waals surface area contributed by atoms with Crippen molar-refractivity contribution in [1.82, 2.24) is 10.2 Å². The largest absolute Gasteiger partial charge is 0.416 e. The van der Waals surface area contributed by atoms with Crippen molar-refractivity contribution in [2.24, 2.45) is 5.73 Å². The third kappa shape index (κ3) is 5.92. The van der Waals surface area contributed by atoms with Crippen molar-refractivity contribution in [2.75, 3.05) is 17.6 Å². The molecule has 0 bridgehead atoms. The van der Waals surface area contributed by atoms with Gasteiger partial charge in [-0.15, -0.1) is 22.6 Å². The highest BCUT2D eigenvalue weighted by Crippen LogP contribution is 2.18. The maximum absolute atomic E-state index is 11.7. The van der Waals surface area contributed by atoms with E-state index in [1.54, 1.807) is 24.3 Å². The molecule has 0 atom stereocenters. The zero-order chi connectivity index (χ0) is 14.4. The molecule has 0 saturated carbocycles. The van der Waals surface area contributed by atoms with Crippen LogP contribution < -0.4 is 11.1 Å². The molecule has 1 heterocycles. The average molecular weight is 349 g/mol. The molecule has 2 rings (SSSR count). The van der Waals surface area contributed by atoms with E-state index in [0.29, 0.717) is 34.8 Å². The first-order chi connectivity index (χ1) is 9.67. The molecule has 9 heteroatoms. The lowest BCUT2D eigenvalue weighted by molar-refractivity contribution is -0.113. The van der Waals surface area contributed by atoms with Crippen molar-refractivity contribution in [1.29, 1.82) is 0 Å². The van der Waals surface area contributed by atoms with E-state index in [2.05, 4.69) is 15.5 Å². The third-order valence-electron chi connectivity index (χ3n) is 2.24. The van der Waals surface area contributed by atoms with Gasteiger partial charge in [-0.2, -0.15) is 0 Å². The van der Waals surface area contributed by atoms with Gasteiger partial charge in [-0.25, -0.2) is 0 Å². The molecule has 21 heavy (non-hydrogen) atoms. The molecule has 1 aromatic carbocycles. The Hall–Kier alpha value is -1.28. The maximum Gasteiger partial charge on any atom is 0.277 e. The monoisotopic (exact) mass is 348 g/mol. The molecule has 1 aromatic heterocycles. The highest BCUT2D eigenvalue weighted by molar-refractivity contribution is 7.99. The number of carbonyl (C=O) groups is 1. The molecular weight excluding hydrogens is 335 g/mol. The van der Waals surface area contributed by atoms with Gasteiger partial charge in [0.15, 0.2) is 0 Å². The van der Waals surface area contributed by atoms with E-state index in [4.69, 9.17) is 21.8 Å². The van der Waals surface area contributed by atoms with Crippen LogP contribution in [0.5, 0.6) is 0 Å². The molecule has 0 aliphatic heterocycles. The normalized spacial score (nSPS) is 10.0. The topological polar surface area (TPSA) is 94.0 Å². The van der Waals surface area contributed by atoms with E-state index < -0.39 is 0 Å². The molecule has 0 unspecified atom stereocenters. The Morgan fingerprint density at radius 1 is 1.43 bits per heavy atom. The molecular formula is C12H14Cl2N4O2S. The summed E-state index contributed by atoms with van der Waals surface area (Å²) < 4.78 is 5.30. The summed E-state index contributed by atoms with van der Waals surface area (Å²) in [7, 11) is 0. The Morgan fingerprint density at radius 3 is 2.95 bits per heavy atom. The van der Waals surface area contributed by atoms with E-state index in [1.807, 2.05) is 0 Å². The van der Waals surface area contributed by atoms with E-state index >= 15 is 0 Å². The van der Waals surface area contributed by atoms with Gasteiger partial charge in [0.25, 0.3) is 5.22 Å². The number of amides is 1. The number of rotatable bonds is 6. The van der Waals surface area contributed by atoms with Crippen LogP contribution in [0.1, 0.15) is 5.89 Å². The number of carbonyl (C=O) groups excluding carboxylic acids is 1. The number of thioether (sulfide) groups is 1. The predicted molar refractivity (Wildman–Crippen MR) is 85.1 cm³/mol. The van der Waals surface area contributed by atoms with Gasteiger partial charge < -0.3 is 15.5 Å². The average Bonchev–Trinajstić information content (AvgIpc) is 2.85. The Morgan fingerprint density at radius 2 is 2.24 bits per heavy atom.